The lowest BCUT2D eigenvalue weighted by Gasteiger charge is -2.07. The summed E-state index contributed by atoms with van der Waals surface area (Å²) < 4.78 is 25.8. The van der Waals surface area contributed by atoms with Crippen LogP contribution in [-0.4, -0.2) is 11.1 Å². The molecule has 14 heavy (non-hydrogen) atoms. The zero-order valence-electron chi connectivity index (χ0n) is 7.63. The minimum Gasteiger partial charge on any atom is -0.481 e. The number of carbonyl (C=O) groups is 1. The van der Waals surface area contributed by atoms with Crippen molar-refractivity contribution in [3.05, 3.63) is 35.4 Å². The van der Waals surface area contributed by atoms with E-state index < -0.39 is 23.5 Å². The van der Waals surface area contributed by atoms with Crippen LogP contribution in [0.3, 0.4) is 0 Å². The van der Waals surface area contributed by atoms with Gasteiger partial charge in [0.1, 0.15) is 0 Å². The highest BCUT2D eigenvalue weighted by molar-refractivity contribution is 5.69. The Morgan fingerprint density at radius 2 is 2.14 bits per heavy atom. The maximum atomic E-state index is 13.1. The van der Waals surface area contributed by atoms with Crippen LogP contribution in [0.5, 0.6) is 0 Å². The molecule has 0 saturated heterocycles. The van der Waals surface area contributed by atoms with Crippen molar-refractivity contribution in [2.75, 3.05) is 0 Å². The van der Waals surface area contributed by atoms with Gasteiger partial charge in [-0.2, -0.15) is 0 Å². The molecule has 0 radical (unpaired) electrons. The van der Waals surface area contributed by atoms with E-state index in [2.05, 4.69) is 0 Å². The van der Waals surface area contributed by atoms with E-state index >= 15 is 0 Å². The third-order valence-electron chi connectivity index (χ3n) is 1.98. The van der Waals surface area contributed by atoms with Crippen molar-refractivity contribution in [3.8, 4) is 0 Å². The highest BCUT2D eigenvalue weighted by Crippen LogP contribution is 2.15. The molecule has 0 spiro atoms. The average Bonchev–Trinajstić information content (AvgIpc) is 2.12. The van der Waals surface area contributed by atoms with Crippen molar-refractivity contribution in [2.45, 2.75) is 13.3 Å². The molecule has 0 aliphatic rings. The van der Waals surface area contributed by atoms with Gasteiger partial charge in [-0.1, -0.05) is 19.1 Å². The van der Waals surface area contributed by atoms with Gasteiger partial charge < -0.3 is 5.11 Å². The fraction of sp³-hybridized carbons (Fsp3) is 0.300. The minimum absolute atomic E-state index is 0.00106. The lowest BCUT2D eigenvalue weighted by Crippen LogP contribution is -2.13. The lowest BCUT2D eigenvalue weighted by molar-refractivity contribution is -0.141. The number of hydrogen-bond acceptors (Lipinski definition) is 1. The van der Waals surface area contributed by atoms with Gasteiger partial charge in [-0.15, -0.1) is 0 Å². The van der Waals surface area contributed by atoms with E-state index in [0.29, 0.717) is 0 Å². The molecule has 0 aliphatic heterocycles. The van der Waals surface area contributed by atoms with Gasteiger partial charge in [0.25, 0.3) is 0 Å². The van der Waals surface area contributed by atoms with Crippen LogP contribution in [0.25, 0.3) is 0 Å². The lowest BCUT2D eigenvalue weighted by atomic mass is 10.0. The number of benzene rings is 1. The van der Waals surface area contributed by atoms with Gasteiger partial charge in [0.05, 0.1) is 5.92 Å². The summed E-state index contributed by atoms with van der Waals surface area (Å²) in [5, 5.41) is 8.59. The van der Waals surface area contributed by atoms with Crippen molar-refractivity contribution < 1.29 is 18.7 Å². The van der Waals surface area contributed by atoms with Gasteiger partial charge in [0, 0.05) is 0 Å². The van der Waals surface area contributed by atoms with Crippen LogP contribution in [0.2, 0.25) is 0 Å². The summed E-state index contributed by atoms with van der Waals surface area (Å²) in [6, 6.07) is 3.75. The minimum atomic E-state index is -1.02. The first-order valence-corrected chi connectivity index (χ1v) is 4.18. The van der Waals surface area contributed by atoms with Crippen molar-refractivity contribution in [2.24, 2.45) is 5.92 Å². The third kappa shape index (κ3) is 2.28. The topological polar surface area (TPSA) is 37.3 Å². The molecule has 0 saturated carbocycles. The summed E-state index contributed by atoms with van der Waals surface area (Å²) in [7, 11) is 0. The molecule has 1 N–H and O–H groups in total. The van der Waals surface area contributed by atoms with Crippen LogP contribution < -0.4 is 0 Å². The normalized spacial score (nSPS) is 12.5. The van der Waals surface area contributed by atoms with E-state index in [4.69, 9.17) is 5.11 Å². The number of rotatable bonds is 3. The summed E-state index contributed by atoms with van der Waals surface area (Å²) in [5.74, 6) is -3.64. The number of aliphatic carboxylic acids is 1. The van der Waals surface area contributed by atoms with Gasteiger partial charge in [-0.25, -0.2) is 8.78 Å². The number of halogens is 2. The summed E-state index contributed by atoms with van der Waals surface area (Å²) in [6.07, 6.45) is -0.00106. The zero-order chi connectivity index (χ0) is 10.7. The second-order valence-electron chi connectivity index (χ2n) is 3.16. The quantitative estimate of drug-likeness (QED) is 0.812. The Labute approximate surface area is 80.2 Å². The molecule has 1 aromatic rings. The summed E-state index contributed by atoms with van der Waals surface area (Å²) in [5.41, 5.74) is 0.0971. The fourth-order valence-corrected chi connectivity index (χ4v) is 1.12. The van der Waals surface area contributed by atoms with Crippen molar-refractivity contribution in [1.82, 2.24) is 0 Å². The monoisotopic (exact) mass is 200 g/mol. The van der Waals surface area contributed by atoms with Gasteiger partial charge in [-0.3, -0.25) is 4.79 Å². The molecule has 0 aliphatic carbocycles. The average molecular weight is 200 g/mol. The van der Waals surface area contributed by atoms with E-state index in [1.807, 2.05) is 0 Å². The van der Waals surface area contributed by atoms with E-state index in [9.17, 15) is 13.6 Å². The van der Waals surface area contributed by atoms with E-state index in [1.165, 1.54) is 19.1 Å². The Bertz CT molecular complexity index is 350. The highest BCUT2D eigenvalue weighted by Gasteiger charge is 2.15. The Balaban J connectivity index is 2.87. The summed E-state index contributed by atoms with van der Waals surface area (Å²) in [6.45, 7) is 1.45. The van der Waals surface area contributed by atoms with Crippen molar-refractivity contribution in [1.29, 1.82) is 0 Å². The molecule has 76 valence electrons. The maximum Gasteiger partial charge on any atom is 0.306 e. The van der Waals surface area contributed by atoms with E-state index in [1.54, 1.807) is 0 Å². The standard InChI is InChI=1S/C10H10F2O2/c1-6(10(13)14)5-7-3-2-4-8(11)9(7)12/h2-4,6H,5H2,1H3,(H,13,14). The first-order chi connectivity index (χ1) is 6.52. The first-order valence-electron chi connectivity index (χ1n) is 4.18. The smallest absolute Gasteiger partial charge is 0.306 e. The Kier molecular flexibility index (Phi) is 3.17. The molecule has 1 rings (SSSR count). The first kappa shape index (κ1) is 10.6. The van der Waals surface area contributed by atoms with Crippen LogP contribution in [0.15, 0.2) is 18.2 Å². The van der Waals surface area contributed by atoms with Gasteiger partial charge in [-0.05, 0) is 18.1 Å². The van der Waals surface area contributed by atoms with Crippen LogP contribution >= 0.6 is 0 Å². The maximum absolute atomic E-state index is 13.1. The molecule has 0 amide bonds. The van der Waals surface area contributed by atoms with Gasteiger partial charge in [0.15, 0.2) is 11.6 Å². The molecule has 4 heteroatoms. The van der Waals surface area contributed by atoms with Crippen LogP contribution in [0.4, 0.5) is 8.78 Å². The summed E-state index contributed by atoms with van der Waals surface area (Å²) in [4.78, 5) is 10.5. The fourth-order valence-electron chi connectivity index (χ4n) is 1.12. The molecule has 0 fully saturated rings. The third-order valence-corrected chi connectivity index (χ3v) is 1.98. The predicted octanol–water partition coefficient (Wildman–Crippen LogP) is 2.23. The molecular weight excluding hydrogens is 190 g/mol. The Hall–Kier alpha value is -1.45. The Morgan fingerprint density at radius 1 is 1.50 bits per heavy atom. The second kappa shape index (κ2) is 4.17. The SMILES string of the molecule is CC(Cc1cccc(F)c1F)C(=O)O. The van der Waals surface area contributed by atoms with E-state index in [-0.39, 0.29) is 12.0 Å². The van der Waals surface area contributed by atoms with Crippen LogP contribution in [0.1, 0.15) is 12.5 Å². The molecule has 0 heterocycles. The molecular formula is C10H10F2O2. The number of carboxylic acid groups (broad SMARTS) is 1. The zero-order valence-corrected chi connectivity index (χ0v) is 7.63. The van der Waals surface area contributed by atoms with Crippen LogP contribution in [-0.2, 0) is 11.2 Å². The largest absolute Gasteiger partial charge is 0.481 e. The highest BCUT2D eigenvalue weighted by atomic mass is 19.2. The summed E-state index contributed by atoms with van der Waals surface area (Å²) >= 11 is 0. The molecule has 0 bridgehead atoms. The van der Waals surface area contributed by atoms with Crippen molar-refractivity contribution >= 4 is 5.97 Å². The van der Waals surface area contributed by atoms with Gasteiger partial charge in [0.2, 0.25) is 0 Å². The number of hydrogen-bond donors (Lipinski definition) is 1. The number of carboxylic acids is 1. The van der Waals surface area contributed by atoms with E-state index in [0.717, 1.165) is 6.07 Å². The van der Waals surface area contributed by atoms with Crippen molar-refractivity contribution in [3.63, 3.8) is 0 Å². The van der Waals surface area contributed by atoms with Crippen LogP contribution in [0, 0.1) is 17.6 Å². The Morgan fingerprint density at radius 3 is 2.71 bits per heavy atom. The molecule has 0 aromatic heterocycles. The molecule has 1 aromatic carbocycles. The molecule has 1 unspecified atom stereocenters. The molecule has 2 nitrogen and oxygen atoms in total. The molecule has 1 atom stereocenters. The van der Waals surface area contributed by atoms with Gasteiger partial charge >= 0.3 is 5.97 Å². The predicted molar refractivity (Wildman–Crippen MR) is 46.9 cm³/mol. The second-order valence-corrected chi connectivity index (χ2v) is 3.16.